The van der Waals surface area contributed by atoms with Crippen LogP contribution in [0.4, 0.5) is 14.5 Å². The molecule has 1 aliphatic heterocycles. The second-order valence-corrected chi connectivity index (χ2v) is 10.8. The first kappa shape index (κ1) is 26.9. The summed E-state index contributed by atoms with van der Waals surface area (Å²) in [7, 11) is 0. The van der Waals surface area contributed by atoms with Crippen molar-refractivity contribution >= 4 is 34.3 Å². The van der Waals surface area contributed by atoms with Crippen LogP contribution < -0.4 is 10.1 Å². The highest BCUT2D eigenvalue weighted by molar-refractivity contribution is 6.37. The number of halogens is 3. The average molecular weight is 556 g/mol. The van der Waals surface area contributed by atoms with E-state index in [9.17, 15) is 18.7 Å². The average Bonchev–Trinajstić information content (AvgIpc) is 3.26. The minimum absolute atomic E-state index is 0.222. The number of anilines is 1. The number of carboxylic acid groups (broad SMARTS) is 1. The number of fused-ring (bicyclic) bond motifs is 2. The summed E-state index contributed by atoms with van der Waals surface area (Å²) < 4.78 is 41.0. The zero-order chi connectivity index (χ0) is 28.1. The van der Waals surface area contributed by atoms with E-state index in [4.69, 9.17) is 26.1 Å². The van der Waals surface area contributed by atoms with Gasteiger partial charge in [0.15, 0.2) is 17.7 Å². The largest absolute Gasteiger partial charge is 0.490 e. The quantitative estimate of drug-likeness (QED) is 0.274. The number of benzene rings is 2. The molecule has 5 rings (SSSR count). The Morgan fingerprint density at radius 2 is 2.00 bits per heavy atom. The number of rotatable bonds is 6. The summed E-state index contributed by atoms with van der Waals surface area (Å²) in [6.07, 6.45) is 0.447. The van der Waals surface area contributed by atoms with Gasteiger partial charge in [0.05, 0.1) is 16.3 Å². The van der Waals surface area contributed by atoms with Crippen molar-refractivity contribution in [2.24, 2.45) is 0 Å². The Bertz CT molecular complexity index is 1600. The van der Waals surface area contributed by atoms with Crippen LogP contribution in [-0.2, 0) is 16.1 Å². The molecule has 0 saturated carbocycles. The molecular formula is C29H28ClF2N3O4. The second-order valence-electron chi connectivity index (χ2n) is 10.4. The molecule has 3 heterocycles. The Morgan fingerprint density at radius 3 is 2.69 bits per heavy atom. The first-order valence-corrected chi connectivity index (χ1v) is 12.9. The maximum atomic E-state index is 13.9. The third-order valence-corrected chi connectivity index (χ3v) is 6.86. The zero-order valence-electron chi connectivity index (χ0n) is 21.9. The van der Waals surface area contributed by atoms with Crippen LogP contribution in [0.15, 0.2) is 42.6 Å². The Balaban J connectivity index is 1.77. The number of carboxylic acids is 1. The van der Waals surface area contributed by atoms with E-state index < -0.39 is 29.3 Å². The van der Waals surface area contributed by atoms with Gasteiger partial charge in [-0.05, 0) is 63.6 Å². The number of aromatic nitrogens is 2. The number of ether oxygens (including phenoxy) is 2. The Kier molecular flexibility index (Phi) is 6.99. The number of nitrogens with one attached hydrogen (secondary N) is 1. The first-order valence-electron chi connectivity index (χ1n) is 12.5. The van der Waals surface area contributed by atoms with Gasteiger partial charge in [-0.15, -0.1) is 0 Å². The van der Waals surface area contributed by atoms with Crippen molar-refractivity contribution in [2.75, 3.05) is 18.5 Å². The number of carbonyl (C=O) groups is 1. The summed E-state index contributed by atoms with van der Waals surface area (Å²) in [4.78, 5) is 17.4. The third kappa shape index (κ3) is 5.16. The van der Waals surface area contributed by atoms with Gasteiger partial charge < -0.3 is 24.5 Å². The number of aliphatic carboxylic acids is 1. The normalized spacial score (nSPS) is 14.0. The van der Waals surface area contributed by atoms with E-state index in [1.54, 1.807) is 50.6 Å². The van der Waals surface area contributed by atoms with Gasteiger partial charge >= 0.3 is 5.97 Å². The highest BCUT2D eigenvalue weighted by Gasteiger charge is 2.34. The molecule has 0 spiro atoms. The highest BCUT2D eigenvalue weighted by atomic mass is 35.5. The van der Waals surface area contributed by atoms with Crippen molar-refractivity contribution in [1.29, 1.82) is 0 Å². The molecule has 1 aliphatic rings. The van der Waals surface area contributed by atoms with E-state index in [1.165, 1.54) is 6.07 Å². The fraction of sp³-hybridized carbons (Fsp3) is 0.310. The molecule has 1 atom stereocenters. The summed E-state index contributed by atoms with van der Waals surface area (Å²) in [6, 6.07) is 9.16. The maximum absolute atomic E-state index is 13.9. The molecule has 0 fully saturated rings. The summed E-state index contributed by atoms with van der Waals surface area (Å²) in [5.41, 5.74) is 2.92. The number of hydrogen-bond donors (Lipinski definition) is 2. The first-order chi connectivity index (χ1) is 18.4. The monoisotopic (exact) mass is 555 g/mol. The number of nitrogens with zero attached hydrogens (tertiary/aromatic N) is 2. The van der Waals surface area contributed by atoms with E-state index >= 15 is 0 Å². The maximum Gasteiger partial charge on any atom is 0.337 e. The highest BCUT2D eigenvalue weighted by Crippen LogP contribution is 2.47. The van der Waals surface area contributed by atoms with Gasteiger partial charge in [0, 0.05) is 47.1 Å². The minimum Gasteiger partial charge on any atom is -0.490 e. The molecule has 0 unspecified atom stereocenters. The molecule has 7 nitrogen and oxygen atoms in total. The Morgan fingerprint density at radius 1 is 1.23 bits per heavy atom. The third-order valence-electron chi connectivity index (χ3n) is 6.47. The Hall–Kier alpha value is -3.69. The molecule has 204 valence electrons. The number of aryl methyl sites for hydroxylation is 1. The molecule has 4 aromatic rings. The number of pyridine rings is 1. The van der Waals surface area contributed by atoms with Crippen LogP contribution in [0.1, 0.15) is 43.7 Å². The molecule has 10 heteroatoms. The van der Waals surface area contributed by atoms with Crippen LogP contribution in [0.3, 0.4) is 0 Å². The zero-order valence-corrected chi connectivity index (χ0v) is 22.7. The lowest BCUT2D eigenvalue weighted by atomic mass is 9.91. The van der Waals surface area contributed by atoms with Crippen LogP contribution >= 0.6 is 11.6 Å². The van der Waals surface area contributed by atoms with E-state index in [-0.39, 0.29) is 6.54 Å². The van der Waals surface area contributed by atoms with E-state index in [2.05, 4.69) is 5.32 Å². The summed E-state index contributed by atoms with van der Waals surface area (Å²) in [6.45, 7) is 8.38. The lowest BCUT2D eigenvalue weighted by molar-refractivity contribution is -0.160. The van der Waals surface area contributed by atoms with Gasteiger partial charge in [-0.1, -0.05) is 17.7 Å². The fourth-order valence-electron chi connectivity index (χ4n) is 4.86. The van der Waals surface area contributed by atoms with Crippen LogP contribution in [-0.4, -0.2) is 39.4 Å². The molecule has 0 aliphatic carbocycles. The smallest absolute Gasteiger partial charge is 0.337 e. The van der Waals surface area contributed by atoms with Crippen LogP contribution in [0, 0.1) is 18.6 Å². The molecule has 0 saturated heterocycles. The van der Waals surface area contributed by atoms with E-state index in [1.807, 2.05) is 6.07 Å². The van der Waals surface area contributed by atoms with Gasteiger partial charge in [-0.25, -0.2) is 18.6 Å². The molecular weight excluding hydrogens is 528 g/mol. The molecule has 0 radical (unpaired) electrons. The van der Waals surface area contributed by atoms with Crippen molar-refractivity contribution in [3.63, 3.8) is 0 Å². The van der Waals surface area contributed by atoms with Crippen LogP contribution in [0.2, 0.25) is 5.02 Å². The van der Waals surface area contributed by atoms with Crippen molar-refractivity contribution in [3.8, 4) is 16.9 Å². The molecule has 0 bridgehead atoms. The molecule has 39 heavy (non-hydrogen) atoms. The van der Waals surface area contributed by atoms with Gasteiger partial charge in [0.1, 0.15) is 18.0 Å². The van der Waals surface area contributed by atoms with E-state index in [0.29, 0.717) is 68.6 Å². The van der Waals surface area contributed by atoms with Crippen LogP contribution in [0.25, 0.3) is 22.2 Å². The van der Waals surface area contributed by atoms with Crippen molar-refractivity contribution < 1.29 is 28.2 Å². The van der Waals surface area contributed by atoms with E-state index in [0.717, 1.165) is 12.1 Å². The minimum atomic E-state index is -1.33. The predicted molar refractivity (Wildman–Crippen MR) is 146 cm³/mol. The van der Waals surface area contributed by atoms with Gasteiger partial charge in [-0.2, -0.15) is 0 Å². The summed E-state index contributed by atoms with van der Waals surface area (Å²) in [5.74, 6) is -2.41. The standard InChI is InChI=1S/C29H28ClF2N3O4/c1-15-22(26(28(36)37)39-29(2,3)4)23(17-6-8-21-25(24(17)30)33-10-12-38-21)18-9-11-35(27(18)34-15)14-16-5-7-19(31)20(32)13-16/h5-9,11,13,26,33H,10,12,14H2,1-4H3,(H,36,37)/t26-/m0/s1. The summed E-state index contributed by atoms with van der Waals surface area (Å²) in [5, 5.41) is 14.6. The van der Waals surface area contributed by atoms with Gasteiger partial charge in [0.2, 0.25) is 0 Å². The lowest BCUT2D eigenvalue weighted by Crippen LogP contribution is -2.28. The van der Waals surface area contributed by atoms with Gasteiger partial charge in [-0.3, -0.25) is 0 Å². The lowest BCUT2D eigenvalue weighted by Gasteiger charge is -2.28. The summed E-state index contributed by atoms with van der Waals surface area (Å²) >= 11 is 6.94. The number of hydrogen-bond acceptors (Lipinski definition) is 5. The van der Waals surface area contributed by atoms with Crippen LogP contribution in [0.5, 0.6) is 5.75 Å². The Labute approximate surface area is 229 Å². The van der Waals surface area contributed by atoms with Crippen molar-refractivity contribution in [1.82, 2.24) is 9.55 Å². The fourth-order valence-corrected chi connectivity index (χ4v) is 5.18. The second kappa shape index (κ2) is 10.1. The van der Waals surface area contributed by atoms with Crippen molar-refractivity contribution in [3.05, 3.63) is 76.1 Å². The molecule has 2 N–H and O–H groups in total. The van der Waals surface area contributed by atoms with Gasteiger partial charge in [0.25, 0.3) is 0 Å². The predicted octanol–water partition coefficient (Wildman–Crippen LogP) is 6.74. The van der Waals surface area contributed by atoms with Crippen molar-refractivity contribution in [2.45, 2.75) is 45.9 Å². The molecule has 2 aromatic carbocycles. The molecule has 2 aromatic heterocycles. The molecule has 0 amide bonds. The SMILES string of the molecule is Cc1nc2c(ccn2Cc2ccc(F)c(F)c2)c(-c2ccc3c(c2Cl)NCCO3)c1[C@H](OC(C)(C)C)C(=O)O. The topological polar surface area (TPSA) is 85.6 Å².